The second-order valence-corrected chi connectivity index (χ2v) is 7.88. The molecule has 0 heterocycles. The Morgan fingerprint density at radius 1 is 0.900 bits per heavy atom. The van der Waals surface area contributed by atoms with Crippen LogP contribution in [0.4, 0.5) is 0 Å². The van der Waals surface area contributed by atoms with E-state index in [1.54, 1.807) is 18.2 Å². The van der Waals surface area contributed by atoms with Crippen molar-refractivity contribution in [1.29, 1.82) is 0 Å². The Morgan fingerprint density at radius 3 is 2.13 bits per heavy atom. The van der Waals surface area contributed by atoms with E-state index in [4.69, 9.17) is 27.9 Å². The first-order chi connectivity index (χ1) is 14.6. The molecule has 0 aliphatic heterocycles. The van der Waals surface area contributed by atoms with Crippen LogP contribution in [0, 0.1) is 0 Å². The highest BCUT2D eigenvalue weighted by molar-refractivity contribution is 6.35. The van der Waals surface area contributed by atoms with Crippen molar-refractivity contribution < 1.29 is 9.53 Å². The molecule has 0 unspecified atom stereocenters. The highest BCUT2D eigenvalue weighted by atomic mass is 35.5. The molecule has 0 fully saturated rings. The summed E-state index contributed by atoms with van der Waals surface area (Å²) < 4.78 is 5.63. The summed E-state index contributed by atoms with van der Waals surface area (Å²) in [6.07, 6.45) is 1.87. The number of carbonyl (C=O) groups excluding carboxylic acids is 1. The third kappa shape index (κ3) is 6.79. The van der Waals surface area contributed by atoms with Gasteiger partial charge in [0.2, 0.25) is 5.91 Å². The van der Waals surface area contributed by atoms with E-state index in [0.29, 0.717) is 41.8 Å². The largest absolute Gasteiger partial charge is 0.492 e. The summed E-state index contributed by atoms with van der Waals surface area (Å²) in [6, 6.07) is 25.9. The maximum absolute atomic E-state index is 12.2. The highest BCUT2D eigenvalue weighted by Gasteiger charge is 2.14. The molecule has 0 saturated heterocycles. The summed E-state index contributed by atoms with van der Waals surface area (Å²) in [5.41, 5.74) is 2.51. The molecule has 0 saturated carbocycles. The molecule has 0 aliphatic rings. The molecular weight excluding hydrogens is 417 g/mol. The summed E-state index contributed by atoms with van der Waals surface area (Å²) in [4.78, 5) is 12.2. The summed E-state index contributed by atoms with van der Waals surface area (Å²) in [7, 11) is 0. The van der Waals surface area contributed by atoms with Gasteiger partial charge in [0.15, 0.2) is 0 Å². The fourth-order valence-electron chi connectivity index (χ4n) is 3.35. The maximum Gasteiger partial charge on any atom is 0.220 e. The van der Waals surface area contributed by atoms with Crippen LogP contribution in [0.1, 0.15) is 36.3 Å². The van der Waals surface area contributed by atoms with E-state index < -0.39 is 0 Å². The molecule has 1 amide bonds. The predicted molar refractivity (Wildman–Crippen MR) is 124 cm³/mol. The second-order valence-electron chi connectivity index (χ2n) is 7.04. The fourth-order valence-corrected chi connectivity index (χ4v) is 3.81. The van der Waals surface area contributed by atoms with Gasteiger partial charge in [-0.3, -0.25) is 4.79 Å². The molecule has 3 rings (SSSR count). The summed E-state index contributed by atoms with van der Waals surface area (Å²) in [6.45, 7) is 1.04. The minimum absolute atomic E-state index is 0.0284. The highest BCUT2D eigenvalue weighted by Crippen LogP contribution is 2.28. The monoisotopic (exact) mass is 441 g/mol. The first-order valence-corrected chi connectivity index (χ1v) is 10.8. The Hall–Kier alpha value is -2.49. The van der Waals surface area contributed by atoms with Crippen LogP contribution in [-0.4, -0.2) is 19.1 Å². The van der Waals surface area contributed by atoms with Crippen LogP contribution in [0.2, 0.25) is 10.0 Å². The van der Waals surface area contributed by atoms with Crippen molar-refractivity contribution in [1.82, 2.24) is 5.32 Å². The Labute approximate surface area is 188 Å². The fraction of sp³-hybridized carbons (Fsp3) is 0.240. The zero-order chi connectivity index (χ0) is 21.2. The Bertz CT molecular complexity index is 893. The third-order valence-corrected chi connectivity index (χ3v) is 5.39. The van der Waals surface area contributed by atoms with Crippen molar-refractivity contribution in [2.24, 2.45) is 0 Å². The minimum Gasteiger partial charge on any atom is -0.492 e. The van der Waals surface area contributed by atoms with Gasteiger partial charge in [-0.05, 0) is 42.2 Å². The maximum atomic E-state index is 12.2. The van der Waals surface area contributed by atoms with Gasteiger partial charge in [0.05, 0.1) is 11.6 Å². The smallest absolute Gasteiger partial charge is 0.220 e. The molecule has 3 aromatic rings. The molecule has 1 N–H and O–H groups in total. The van der Waals surface area contributed by atoms with Gasteiger partial charge in [0.25, 0.3) is 0 Å². The van der Waals surface area contributed by atoms with Crippen LogP contribution < -0.4 is 10.1 Å². The number of rotatable bonds is 10. The molecule has 0 bridgehead atoms. The van der Waals surface area contributed by atoms with E-state index in [9.17, 15) is 4.79 Å². The van der Waals surface area contributed by atoms with Gasteiger partial charge >= 0.3 is 0 Å². The number of carbonyl (C=O) groups is 1. The van der Waals surface area contributed by atoms with E-state index in [2.05, 4.69) is 53.8 Å². The average molecular weight is 442 g/mol. The van der Waals surface area contributed by atoms with E-state index in [1.165, 1.54) is 11.1 Å². The van der Waals surface area contributed by atoms with Crippen molar-refractivity contribution in [2.45, 2.75) is 25.2 Å². The van der Waals surface area contributed by atoms with Crippen molar-refractivity contribution in [2.75, 3.05) is 13.2 Å². The lowest BCUT2D eigenvalue weighted by Gasteiger charge is -2.18. The number of ether oxygens (including phenoxy) is 1. The number of halogens is 2. The molecule has 0 aliphatic carbocycles. The topological polar surface area (TPSA) is 38.3 Å². The van der Waals surface area contributed by atoms with E-state index in [1.807, 2.05) is 12.1 Å². The van der Waals surface area contributed by atoms with Gasteiger partial charge in [-0.2, -0.15) is 0 Å². The number of nitrogens with one attached hydrogen (secondary N) is 1. The van der Waals surface area contributed by atoms with Crippen LogP contribution in [0.3, 0.4) is 0 Å². The molecule has 0 aromatic heterocycles. The zero-order valence-electron chi connectivity index (χ0n) is 16.7. The first kappa shape index (κ1) is 22.2. The second kappa shape index (κ2) is 11.6. The molecule has 3 aromatic carbocycles. The van der Waals surface area contributed by atoms with Gasteiger partial charge < -0.3 is 10.1 Å². The lowest BCUT2D eigenvalue weighted by atomic mass is 9.88. The molecule has 3 nitrogen and oxygen atoms in total. The number of benzene rings is 3. The van der Waals surface area contributed by atoms with Crippen molar-refractivity contribution in [3.05, 3.63) is 100 Å². The standard InChI is InChI=1S/C25H25Cl2NO2/c26-21-13-14-24(23(27)18-21)30-17-7-12-25(29)28-16-15-22(19-8-3-1-4-9-19)20-10-5-2-6-11-20/h1-6,8-11,13-14,18,22H,7,12,15-17H2,(H,28,29). The Morgan fingerprint density at radius 2 is 1.53 bits per heavy atom. The van der Waals surface area contributed by atoms with Gasteiger partial charge in [-0.1, -0.05) is 83.9 Å². The lowest BCUT2D eigenvalue weighted by Crippen LogP contribution is -2.26. The SMILES string of the molecule is O=C(CCCOc1ccc(Cl)cc1Cl)NCCC(c1ccccc1)c1ccccc1. The molecule has 156 valence electrons. The lowest BCUT2D eigenvalue weighted by molar-refractivity contribution is -0.121. The zero-order valence-corrected chi connectivity index (χ0v) is 18.2. The average Bonchev–Trinajstić information content (AvgIpc) is 2.77. The molecule has 30 heavy (non-hydrogen) atoms. The normalized spacial score (nSPS) is 10.8. The molecule has 0 atom stereocenters. The minimum atomic E-state index is 0.0284. The van der Waals surface area contributed by atoms with Gasteiger partial charge in [0.1, 0.15) is 5.75 Å². The van der Waals surface area contributed by atoms with Crippen LogP contribution in [0.5, 0.6) is 5.75 Å². The van der Waals surface area contributed by atoms with Crippen LogP contribution >= 0.6 is 23.2 Å². The molecule has 0 spiro atoms. The Kier molecular flexibility index (Phi) is 8.61. The summed E-state index contributed by atoms with van der Waals surface area (Å²) >= 11 is 12.0. The van der Waals surface area contributed by atoms with Gasteiger partial charge in [-0.15, -0.1) is 0 Å². The van der Waals surface area contributed by atoms with E-state index in [-0.39, 0.29) is 11.8 Å². The first-order valence-electron chi connectivity index (χ1n) is 10.1. The number of hydrogen-bond donors (Lipinski definition) is 1. The molecule has 0 radical (unpaired) electrons. The van der Waals surface area contributed by atoms with Crippen LogP contribution in [-0.2, 0) is 4.79 Å². The number of amides is 1. The summed E-state index contributed by atoms with van der Waals surface area (Å²) in [5, 5.41) is 4.07. The van der Waals surface area contributed by atoms with Gasteiger partial charge in [0, 0.05) is 23.9 Å². The van der Waals surface area contributed by atoms with E-state index in [0.717, 1.165) is 6.42 Å². The summed E-state index contributed by atoms with van der Waals surface area (Å²) in [5.74, 6) is 0.860. The van der Waals surface area contributed by atoms with E-state index >= 15 is 0 Å². The van der Waals surface area contributed by atoms with Crippen molar-refractivity contribution in [3.8, 4) is 5.75 Å². The van der Waals surface area contributed by atoms with Crippen LogP contribution in [0.25, 0.3) is 0 Å². The van der Waals surface area contributed by atoms with Crippen molar-refractivity contribution in [3.63, 3.8) is 0 Å². The third-order valence-electron chi connectivity index (χ3n) is 4.86. The van der Waals surface area contributed by atoms with Crippen LogP contribution in [0.15, 0.2) is 78.9 Å². The predicted octanol–water partition coefficient (Wildman–Crippen LogP) is 6.49. The number of hydrogen-bond acceptors (Lipinski definition) is 2. The molecular formula is C25H25Cl2NO2. The quantitative estimate of drug-likeness (QED) is 0.365. The molecule has 5 heteroatoms. The van der Waals surface area contributed by atoms with Crippen molar-refractivity contribution >= 4 is 29.1 Å². The Balaban J connectivity index is 1.43. The van der Waals surface area contributed by atoms with Gasteiger partial charge in [-0.25, -0.2) is 0 Å².